The average Bonchev–Trinajstić information content (AvgIpc) is 2.47. The molecule has 2 aliphatic carbocycles. The third-order valence-electron chi connectivity index (χ3n) is 4.78. The van der Waals surface area contributed by atoms with Gasteiger partial charge in [0.1, 0.15) is 5.76 Å². The van der Waals surface area contributed by atoms with Gasteiger partial charge in [0.25, 0.3) is 0 Å². The highest BCUT2D eigenvalue weighted by molar-refractivity contribution is 5.61. The highest BCUT2D eigenvalue weighted by Crippen LogP contribution is 2.39. The maximum atomic E-state index is 11.4. The minimum Gasteiger partial charge on any atom is -0.434 e. The first-order valence-electron chi connectivity index (χ1n) is 8.22. The fraction of sp³-hybridized carbons (Fsp3) is 0.824. The summed E-state index contributed by atoms with van der Waals surface area (Å²) in [6.45, 7) is 4.78. The molecule has 0 amide bonds. The van der Waals surface area contributed by atoms with Crippen LogP contribution in [-0.2, 0) is 9.47 Å². The molecule has 0 radical (unpaired) electrons. The second-order valence-corrected chi connectivity index (χ2v) is 6.43. The Morgan fingerprint density at radius 2 is 1.95 bits per heavy atom. The van der Waals surface area contributed by atoms with Crippen LogP contribution in [0, 0.1) is 17.8 Å². The maximum Gasteiger partial charge on any atom is 0.513 e. The molecule has 0 aliphatic heterocycles. The average molecular weight is 280 g/mol. The van der Waals surface area contributed by atoms with E-state index in [-0.39, 0.29) is 0 Å². The van der Waals surface area contributed by atoms with Crippen LogP contribution in [0.15, 0.2) is 11.8 Å². The van der Waals surface area contributed by atoms with E-state index in [1.807, 2.05) is 6.92 Å². The Kier molecular flexibility index (Phi) is 5.93. The summed E-state index contributed by atoms with van der Waals surface area (Å²) in [5.74, 6) is 3.40. The predicted octanol–water partition coefficient (Wildman–Crippen LogP) is 5.06. The number of hydrogen-bond donors (Lipinski definition) is 0. The highest BCUT2D eigenvalue weighted by atomic mass is 16.7. The van der Waals surface area contributed by atoms with Crippen molar-refractivity contribution >= 4 is 6.16 Å². The van der Waals surface area contributed by atoms with Crippen molar-refractivity contribution in [2.24, 2.45) is 17.8 Å². The van der Waals surface area contributed by atoms with E-state index in [0.29, 0.717) is 6.61 Å². The predicted molar refractivity (Wildman–Crippen MR) is 79.3 cm³/mol. The molecule has 114 valence electrons. The zero-order valence-electron chi connectivity index (χ0n) is 12.9. The van der Waals surface area contributed by atoms with E-state index < -0.39 is 6.16 Å². The first kappa shape index (κ1) is 15.4. The second kappa shape index (κ2) is 7.70. The van der Waals surface area contributed by atoms with Gasteiger partial charge in [-0.3, -0.25) is 0 Å². The van der Waals surface area contributed by atoms with E-state index in [0.717, 1.165) is 49.2 Å². The molecule has 0 aromatic carbocycles. The lowest BCUT2D eigenvalue weighted by atomic mass is 9.72. The van der Waals surface area contributed by atoms with Gasteiger partial charge in [-0.1, -0.05) is 26.7 Å². The Morgan fingerprint density at radius 3 is 2.55 bits per heavy atom. The topological polar surface area (TPSA) is 35.5 Å². The molecule has 3 nitrogen and oxygen atoms in total. The normalized spacial score (nSPS) is 30.5. The molecular formula is C17H28O3. The standard InChI is InChI=1S/C17H28O3/c1-3-12-19-17(18)20-16-10-8-15(9-11-16)14-6-4-13(2)5-7-14/h10,13-15H,3-9,11-12H2,1-2H3. The van der Waals surface area contributed by atoms with Crippen LogP contribution < -0.4 is 0 Å². The van der Waals surface area contributed by atoms with Crippen LogP contribution in [0.25, 0.3) is 0 Å². The fourth-order valence-electron chi connectivity index (χ4n) is 3.43. The molecule has 1 saturated carbocycles. The van der Waals surface area contributed by atoms with Gasteiger partial charge in [-0.05, 0) is 55.9 Å². The fourth-order valence-corrected chi connectivity index (χ4v) is 3.43. The minimum absolute atomic E-state index is 0.439. The van der Waals surface area contributed by atoms with Crippen molar-refractivity contribution in [1.29, 1.82) is 0 Å². The van der Waals surface area contributed by atoms with Crippen molar-refractivity contribution in [2.45, 2.75) is 65.2 Å². The molecular weight excluding hydrogens is 252 g/mol. The van der Waals surface area contributed by atoms with Gasteiger partial charge in [-0.25, -0.2) is 4.79 Å². The molecule has 0 heterocycles. The molecule has 0 aromatic heterocycles. The summed E-state index contributed by atoms with van der Waals surface area (Å²) in [6.07, 6.45) is 11.1. The summed E-state index contributed by atoms with van der Waals surface area (Å²) in [5, 5.41) is 0. The van der Waals surface area contributed by atoms with Gasteiger partial charge in [-0.15, -0.1) is 0 Å². The van der Waals surface area contributed by atoms with Gasteiger partial charge < -0.3 is 9.47 Å². The molecule has 1 fully saturated rings. The van der Waals surface area contributed by atoms with E-state index in [1.165, 1.54) is 25.7 Å². The largest absolute Gasteiger partial charge is 0.513 e. The summed E-state index contributed by atoms with van der Waals surface area (Å²) in [6, 6.07) is 0. The molecule has 3 heteroatoms. The van der Waals surface area contributed by atoms with Crippen LogP contribution in [0.4, 0.5) is 4.79 Å². The molecule has 0 aromatic rings. The summed E-state index contributed by atoms with van der Waals surface area (Å²) in [4.78, 5) is 11.4. The molecule has 2 aliphatic rings. The van der Waals surface area contributed by atoms with E-state index >= 15 is 0 Å². The van der Waals surface area contributed by atoms with Crippen LogP contribution in [-0.4, -0.2) is 12.8 Å². The zero-order chi connectivity index (χ0) is 14.4. The number of carbonyl (C=O) groups is 1. The molecule has 0 N–H and O–H groups in total. The Morgan fingerprint density at radius 1 is 1.20 bits per heavy atom. The maximum absolute atomic E-state index is 11.4. The first-order valence-corrected chi connectivity index (χ1v) is 8.22. The van der Waals surface area contributed by atoms with Crippen molar-refractivity contribution < 1.29 is 14.3 Å². The quantitative estimate of drug-likeness (QED) is 0.675. The van der Waals surface area contributed by atoms with Crippen LogP contribution in [0.2, 0.25) is 0 Å². The molecule has 0 spiro atoms. The Hall–Kier alpha value is -0.990. The number of rotatable bonds is 4. The van der Waals surface area contributed by atoms with Crippen molar-refractivity contribution in [3.8, 4) is 0 Å². The molecule has 20 heavy (non-hydrogen) atoms. The van der Waals surface area contributed by atoms with E-state index in [1.54, 1.807) is 0 Å². The smallest absolute Gasteiger partial charge is 0.434 e. The van der Waals surface area contributed by atoms with Crippen molar-refractivity contribution in [3.63, 3.8) is 0 Å². The lowest BCUT2D eigenvalue weighted by Gasteiger charge is -2.34. The molecule has 0 saturated heterocycles. The van der Waals surface area contributed by atoms with Crippen LogP contribution >= 0.6 is 0 Å². The van der Waals surface area contributed by atoms with E-state index in [2.05, 4.69) is 13.0 Å². The first-order chi connectivity index (χ1) is 9.69. The summed E-state index contributed by atoms with van der Waals surface area (Å²) < 4.78 is 10.2. The monoisotopic (exact) mass is 280 g/mol. The van der Waals surface area contributed by atoms with E-state index in [9.17, 15) is 4.79 Å². The second-order valence-electron chi connectivity index (χ2n) is 6.43. The summed E-state index contributed by atoms with van der Waals surface area (Å²) in [5.41, 5.74) is 0. The minimum atomic E-state index is -0.539. The number of ether oxygens (including phenoxy) is 2. The van der Waals surface area contributed by atoms with Crippen molar-refractivity contribution in [1.82, 2.24) is 0 Å². The third-order valence-corrected chi connectivity index (χ3v) is 4.78. The van der Waals surface area contributed by atoms with Crippen molar-refractivity contribution in [2.75, 3.05) is 6.61 Å². The molecule has 0 bridgehead atoms. The summed E-state index contributed by atoms with van der Waals surface area (Å²) in [7, 11) is 0. The van der Waals surface area contributed by atoms with Gasteiger partial charge in [0.15, 0.2) is 0 Å². The van der Waals surface area contributed by atoms with Gasteiger partial charge in [-0.2, -0.15) is 0 Å². The molecule has 2 rings (SSSR count). The zero-order valence-corrected chi connectivity index (χ0v) is 12.9. The number of allylic oxidation sites excluding steroid dienone is 2. The Balaban J connectivity index is 1.74. The molecule has 1 unspecified atom stereocenters. The van der Waals surface area contributed by atoms with Gasteiger partial charge in [0.05, 0.1) is 6.61 Å². The highest BCUT2D eigenvalue weighted by Gasteiger charge is 2.28. The number of carbonyl (C=O) groups excluding carboxylic acids is 1. The molecule has 1 atom stereocenters. The van der Waals surface area contributed by atoms with Gasteiger partial charge in [0, 0.05) is 6.42 Å². The lowest BCUT2D eigenvalue weighted by molar-refractivity contribution is 0.0715. The summed E-state index contributed by atoms with van der Waals surface area (Å²) >= 11 is 0. The van der Waals surface area contributed by atoms with E-state index in [4.69, 9.17) is 9.47 Å². The Bertz CT molecular complexity index is 340. The van der Waals surface area contributed by atoms with Crippen LogP contribution in [0.1, 0.15) is 65.2 Å². The Labute approximate surface area is 122 Å². The lowest BCUT2D eigenvalue weighted by Crippen LogP contribution is -2.23. The third kappa shape index (κ3) is 4.53. The van der Waals surface area contributed by atoms with Crippen molar-refractivity contribution in [3.05, 3.63) is 11.8 Å². The number of hydrogen-bond acceptors (Lipinski definition) is 3. The van der Waals surface area contributed by atoms with Crippen LogP contribution in [0.5, 0.6) is 0 Å². The van der Waals surface area contributed by atoms with Gasteiger partial charge in [0.2, 0.25) is 0 Å². The SMILES string of the molecule is CCCOC(=O)OC1=CCC(C2CCC(C)CC2)CC1. The van der Waals surface area contributed by atoms with Crippen LogP contribution in [0.3, 0.4) is 0 Å². The van der Waals surface area contributed by atoms with Gasteiger partial charge >= 0.3 is 6.16 Å².